The Morgan fingerprint density at radius 1 is 1.44 bits per heavy atom. The van der Waals surface area contributed by atoms with Crippen LogP contribution in [0, 0.1) is 12.8 Å². The summed E-state index contributed by atoms with van der Waals surface area (Å²) in [5.74, 6) is 0.617. The third-order valence-corrected chi connectivity index (χ3v) is 3.63. The van der Waals surface area contributed by atoms with E-state index in [2.05, 4.69) is 12.2 Å². The number of carbonyl (C=O) groups is 1. The highest BCUT2D eigenvalue weighted by atomic mass is 16.2. The molecular formula is C15H22N2O. The summed E-state index contributed by atoms with van der Waals surface area (Å²) < 4.78 is 0. The second-order valence-electron chi connectivity index (χ2n) is 5.29. The molecule has 2 rings (SSSR count). The molecule has 0 bridgehead atoms. The Balaban J connectivity index is 1.87. The highest BCUT2D eigenvalue weighted by molar-refractivity contribution is 5.83. The molecule has 1 saturated carbocycles. The molecule has 3 unspecified atom stereocenters. The number of nitrogens with two attached hydrogens (primary N) is 1. The van der Waals surface area contributed by atoms with E-state index < -0.39 is 6.04 Å². The van der Waals surface area contributed by atoms with Gasteiger partial charge in [0.1, 0.15) is 6.04 Å². The monoisotopic (exact) mass is 246 g/mol. The number of nitrogens with one attached hydrogen (secondary N) is 1. The number of aryl methyl sites for hydroxylation is 1. The first-order valence-corrected chi connectivity index (χ1v) is 6.74. The van der Waals surface area contributed by atoms with Crippen molar-refractivity contribution in [3.05, 3.63) is 35.4 Å². The number of rotatable bonds is 5. The Hall–Kier alpha value is -1.35. The minimum absolute atomic E-state index is 0.0533. The van der Waals surface area contributed by atoms with Gasteiger partial charge in [0.2, 0.25) is 5.91 Å². The Kier molecular flexibility index (Phi) is 4.02. The maximum Gasteiger partial charge on any atom is 0.241 e. The van der Waals surface area contributed by atoms with E-state index in [0.29, 0.717) is 12.0 Å². The summed E-state index contributed by atoms with van der Waals surface area (Å²) in [6.07, 6.45) is 3.49. The van der Waals surface area contributed by atoms with Gasteiger partial charge >= 0.3 is 0 Å². The Bertz CT molecular complexity index is 413. The lowest BCUT2D eigenvalue weighted by Gasteiger charge is -2.12. The second kappa shape index (κ2) is 5.53. The predicted octanol–water partition coefficient (Wildman–Crippen LogP) is 2.30. The molecule has 1 aromatic carbocycles. The van der Waals surface area contributed by atoms with E-state index in [1.165, 1.54) is 18.4 Å². The summed E-state index contributed by atoms with van der Waals surface area (Å²) in [6.45, 7) is 4.20. The smallest absolute Gasteiger partial charge is 0.241 e. The van der Waals surface area contributed by atoms with Crippen LogP contribution in [-0.4, -0.2) is 11.9 Å². The highest BCUT2D eigenvalue weighted by Crippen LogP contribution is 2.34. The van der Waals surface area contributed by atoms with E-state index >= 15 is 0 Å². The van der Waals surface area contributed by atoms with Gasteiger partial charge in [-0.05, 0) is 31.2 Å². The minimum atomic E-state index is -0.548. The first-order valence-electron chi connectivity index (χ1n) is 6.74. The van der Waals surface area contributed by atoms with Crippen molar-refractivity contribution in [2.24, 2.45) is 11.7 Å². The largest absolute Gasteiger partial charge is 0.351 e. The van der Waals surface area contributed by atoms with Crippen LogP contribution in [0.25, 0.3) is 0 Å². The van der Waals surface area contributed by atoms with Crippen LogP contribution in [0.4, 0.5) is 0 Å². The number of benzene rings is 1. The van der Waals surface area contributed by atoms with Gasteiger partial charge in [-0.3, -0.25) is 4.79 Å². The molecule has 1 aliphatic carbocycles. The molecule has 3 heteroatoms. The molecule has 0 aliphatic heterocycles. The molecule has 1 aromatic rings. The molecular weight excluding hydrogens is 224 g/mol. The summed E-state index contributed by atoms with van der Waals surface area (Å²) in [7, 11) is 0. The third kappa shape index (κ3) is 3.10. The number of amides is 1. The quantitative estimate of drug-likeness (QED) is 0.837. The van der Waals surface area contributed by atoms with Crippen molar-refractivity contribution >= 4 is 5.91 Å². The van der Waals surface area contributed by atoms with E-state index in [0.717, 1.165) is 12.0 Å². The number of carbonyl (C=O) groups excluding carboxylic acids is 1. The lowest BCUT2D eigenvalue weighted by atomic mass is 10.1. The Morgan fingerprint density at radius 2 is 2.11 bits per heavy atom. The molecule has 3 nitrogen and oxygen atoms in total. The number of hydrogen-bond donors (Lipinski definition) is 2. The highest BCUT2D eigenvalue weighted by Gasteiger charge is 2.37. The molecule has 0 saturated heterocycles. The number of hydrogen-bond acceptors (Lipinski definition) is 2. The zero-order chi connectivity index (χ0) is 13.1. The molecule has 1 amide bonds. The summed E-state index contributed by atoms with van der Waals surface area (Å²) in [5.41, 5.74) is 8.03. The molecule has 0 heterocycles. The molecule has 18 heavy (non-hydrogen) atoms. The maximum absolute atomic E-state index is 12.0. The van der Waals surface area contributed by atoms with Crippen LogP contribution in [0.2, 0.25) is 0 Å². The lowest BCUT2D eigenvalue weighted by Crippen LogP contribution is -2.36. The van der Waals surface area contributed by atoms with Crippen molar-refractivity contribution in [2.45, 2.75) is 45.2 Å². The molecule has 0 spiro atoms. The van der Waals surface area contributed by atoms with Crippen molar-refractivity contribution in [3.8, 4) is 0 Å². The summed E-state index contributed by atoms with van der Waals surface area (Å²) in [6, 6.07) is 7.63. The fourth-order valence-electron chi connectivity index (χ4n) is 2.31. The van der Waals surface area contributed by atoms with Gasteiger partial charge in [0, 0.05) is 6.04 Å². The van der Waals surface area contributed by atoms with Gasteiger partial charge in [-0.25, -0.2) is 0 Å². The molecule has 0 aromatic heterocycles. The summed E-state index contributed by atoms with van der Waals surface area (Å²) in [4.78, 5) is 12.0. The van der Waals surface area contributed by atoms with Crippen LogP contribution in [0.3, 0.4) is 0 Å². The van der Waals surface area contributed by atoms with Crippen molar-refractivity contribution in [1.82, 2.24) is 5.32 Å². The topological polar surface area (TPSA) is 55.1 Å². The second-order valence-corrected chi connectivity index (χ2v) is 5.29. The van der Waals surface area contributed by atoms with E-state index in [-0.39, 0.29) is 5.91 Å². The van der Waals surface area contributed by atoms with E-state index in [4.69, 9.17) is 5.73 Å². The zero-order valence-electron chi connectivity index (χ0n) is 11.1. The first-order chi connectivity index (χ1) is 8.61. The van der Waals surface area contributed by atoms with Gasteiger partial charge in [-0.2, -0.15) is 0 Å². The van der Waals surface area contributed by atoms with Gasteiger partial charge in [0.25, 0.3) is 0 Å². The average molecular weight is 246 g/mol. The van der Waals surface area contributed by atoms with E-state index in [1.807, 2.05) is 31.2 Å². The summed E-state index contributed by atoms with van der Waals surface area (Å²) >= 11 is 0. The normalized spacial score (nSPS) is 23.5. The Morgan fingerprint density at radius 3 is 2.72 bits per heavy atom. The fraction of sp³-hybridized carbons (Fsp3) is 0.533. The molecule has 1 aliphatic rings. The van der Waals surface area contributed by atoms with Crippen LogP contribution >= 0.6 is 0 Å². The van der Waals surface area contributed by atoms with Gasteiger partial charge < -0.3 is 11.1 Å². The minimum Gasteiger partial charge on any atom is -0.351 e. The maximum atomic E-state index is 12.0. The standard InChI is InChI=1S/C15H22N2O/c1-3-4-12-9-13(12)17-15(18)14(16)11-7-5-10(2)6-8-11/h5-8,12-14H,3-4,9,16H2,1-2H3,(H,17,18). The fourth-order valence-corrected chi connectivity index (χ4v) is 2.31. The van der Waals surface area contributed by atoms with Gasteiger partial charge in [-0.15, -0.1) is 0 Å². The third-order valence-electron chi connectivity index (χ3n) is 3.63. The molecule has 98 valence electrons. The van der Waals surface area contributed by atoms with Crippen molar-refractivity contribution in [2.75, 3.05) is 0 Å². The van der Waals surface area contributed by atoms with Crippen LogP contribution in [-0.2, 0) is 4.79 Å². The van der Waals surface area contributed by atoms with Crippen molar-refractivity contribution < 1.29 is 4.79 Å². The van der Waals surface area contributed by atoms with Crippen LogP contribution < -0.4 is 11.1 Å². The van der Waals surface area contributed by atoms with Crippen molar-refractivity contribution in [1.29, 1.82) is 0 Å². The average Bonchev–Trinajstić information content (AvgIpc) is 3.08. The van der Waals surface area contributed by atoms with Crippen LogP contribution in [0.15, 0.2) is 24.3 Å². The molecule has 3 N–H and O–H groups in total. The lowest BCUT2D eigenvalue weighted by molar-refractivity contribution is -0.122. The van der Waals surface area contributed by atoms with E-state index in [1.54, 1.807) is 0 Å². The van der Waals surface area contributed by atoms with Crippen molar-refractivity contribution in [3.63, 3.8) is 0 Å². The SMILES string of the molecule is CCCC1CC1NC(=O)C(N)c1ccc(C)cc1. The van der Waals surface area contributed by atoms with Gasteiger partial charge in [0.05, 0.1) is 0 Å². The molecule has 0 radical (unpaired) electrons. The Labute approximate surface area is 109 Å². The molecule has 3 atom stereocenters. The molecule has 1 fully saturated rings. The predicted molar refractivity (Wildman–Crippen MR) is 73.1 cm³/mol. The van der Waals surface area contributed by atoms with Crippen LogP contribution in [0.5, 0.6) is 0 Å². The summed E-state index contributed by atoms with van der Waals surface area (Å²) in [5, 5.41) is 3.04. The first kappa shape index (κ1) is 13.1. The van der Waals surface area contributed by atoms with Gasteiger partial charge in [0.15, 0.2) is 0 Å². The van der Waals surface area contributed by atoms with Gasteiger partial charge in [-0.1, -0.05) is 43.2 Å². The van der Waals surface area contributed by atoms with Crippen LogP contribution in [0.1, 0.15) is 43.4 Å². The zero-order valence-corrected chi connectivity index (χ0v) is 11.1. The van der Waals surface area contributed by atoms with E-state index in [9.17, 15) is 4.79 Å².